The van der Waals surface area contributed by atoms with Gasteiger partial charge in [-0.3, -0.25) is 4.90 Å². The molecular formula is C13H29N3. The summed E-state index contributed by atoms with van der Waals surface area (Å²) in [6, 6.07) is 1.33. The van der Waals surface area contributed by atoms with E-state index in [0.29, 0.717) is 12.1 Å². The molecule has 96 valence electrons. The monoisotopic (exact) mass is 227 g/mol. The maximum Gasteiger partial charge on any atom is 0.0217 e. The molecule has 0 bridgehead atoms. The predicted molar refractivity (Wildman–Crippen MR) is 70.8 cm³/mol. The van der Waals surface area contributed by atoms with Crippen LogP contribution in [0.5, 0.6) is 0 Å². The number of piperazine rings is 1. The van der Waals surface area contributed by atoms with Gasteiger partial charge in [0.05, 0.1) is 0 Å². The van der Waals surface area contributed by atoms with Crippen LogP contribution in [0, 0.1) is 5.92 Å². The van der Waals surface area contributed by atoms with Gasteiger partial charge in [-0.15, -0.1) is 0 Å². The molecule has 3 atom stereocenters. The van der Waals surface area contributed by atoms with Crippen molar-refractivity contribution in [1.29, 1.82) is 0 Å². The van der Waals surface area contributed by atoms with Crippen molar-refractivity contribution < 1.29 is 0 Å². The second-order valence-corrected chi connectivity index (χ2v) is 5.39. The van der Waals surface area contributed by atoms with E-state index in [9.17, 15) is 0 Å². The van der Waals surface area contributed by atoms with Crippen molar-refractivity contribution >= 4 is 0 Å². The molecule has 0 saturated carbocycles. The van der Waals surface area contributed by atoms with Crippen molar-refractivity contribution in [1.82, 2.24) is 15.1 Å². The fourth-order valence-corrected chi connectivity index (χ4v) is 2.54. The van der Waals surface area contributed by atoms with E-state index in [2.05, 4.69) is 50.0 Å². The Bertz CT molecular complexity index is 196. The summed E-state index contributed by atoms with van der Waals surface area (Å²) in [7, 11) is 4.32. The highest BCUT2D eigenvalue weighted by atomic mass is 15.3. The van der Waals surface area contributed by atoms with E-state index < -0.39 is 0 Å². The first kappa shape index (κ1) is 13.9. The third kappa shape index (κ3) is 3.72. The zero-order valence-electron chi connectivity index (χ0n) is 11.7. The Hall–Kier alpha value is -0.120. The maximum absolute atomic E-state index is 3.48. The Balaban J connectivity index is 2.45. The first-order valence-electron chi connectivity index (χ1n) is 6.68. The minimum absolute atomic E-state index is 0.635. The molecule has 0 aromatic heterocycles. The van der Waals surface area contributed by atoms with E-state index in [4.69, 9.17) is 0 Å². The standard InChI is InChI=1S/C13H29N3/c1-6-11(2)13(14-4)10-16-8-7-15(5)9-12(16)3/h11-14H,6-10H2,1-5H3. The lowest BCUT2D eigenvalue weighted by atomic mass is 9.98. The molecule has 1 saturated heterocycles. The smallest absolute Gasteiger partial charge is 0.0217 e. The van der Waals surface area contributed by atoms with Crippen molar-refractivity contribution in [3.63, 3.8) is 0 Å². The van der Waals surface area contributed by atoms with Crippen LogP contribution in [0.4, 0.5) is 0 Å². The normalized spacial score (nSPS) is 27.9. The molecule has 1 fully saturated rings. The topological polar surface area (TPSA) is 18.5 Å². The molecule has 1 rings (SSSR count). The molecule has 3 heteroatoms. The van der Waals surface area contributed by atoms with E-state index in [-0.39, 0.29) is 0 Å². The summed E-state index contributed by atoms with van der Waals surface area (Å²) in [5, 5.41) is 3.48. The molecule has 0 radical (unpaired) electrons. The van der Waals surface area contributed by atoms with Gasteiger partial charge in [0, 0.05) is 38.3 Å². The summed E-state index contributed by atoms with van der Waals surface area (Å²) < 4.78 is 0. The Morgan fingerprint density at radius 2 is 2.06 bits per heavy atom. The second-order valence-electron chi connectivity index (χ2n) is 5.39. The van der Waals surface area contributed by atoms with Crippen LogP contribution in [0.1, 0.15) is 27.2 Å². The summed E-state index contributed by atoms with van der Waals surface area (Å²) in [6.45, 7) is 11.8. The summed E-state index contributed by atoms with van der Waals surface area (Å²) in [4.78, 5) is 5.06. The van der Waals surface area contributed by atoms with E-state index in [1.54, 1.807) is 0 Å². The molecule has 1 N–H and O–H groups in total. The number of nitrogens with one attached hydrogen (secondary N) is 1. The summed E-state index contributed by atoms with van der Waals surface area (Å²) >= 11 is 0. The van der Waals surface area contributed by atoms with Crippen LogP contribution < -0.4 is 5.32 Å². The lowest BCUT2D eigenvalue weighted by Crippen LogP contribution is -2.54. The third-order valence-corrected chi connectivity index (χ3v) is 4.10. The van der Waals surface area contributed by atoms with Gasteiger partial charge in [0.2, 0.25) is 0 Å². The lowest BCUT2D eigenvalue weighted by molar-refractivity contribution is 0.0841. The van der Waals surface area contributed by atoms with Gasteiger partial charge in [0.15, 0.2) is 0 Å². The van der Waals surface area contributed by atoms with Gasteiger partial charge >= 0.3 is 0 Å². The Labute approximate surface area is 101 Å². The van der Waals surface area contributed by atoms with E-state index >= 15 is 0 Å². The third-order valence-electron chi connectivity index (χ3n) is 4.10. The number of likely N-dealkylation sites (N-methyl/N-ethyl adjacent to an activating group) is 2. The van der Waals surface area contributed by atoms with Crippen molar-refractivity contribution in [2.45, 2.75) is 39.3 Å². The van der Waals surface area contributed by atoms with E-state index in [1.165, 1.54) is 32.6 Å². The van der Waals surface area contributed by atoms with Crippen molar-refractivity contribution in [2.24, 2.45) is 5.92 Å². The Morgan fingerprint density at radius 3 is 2.56 bits per heavy atom. The number of hydrogen-bond acceptors (Lipinski definition) is 3. The molecule has 16 heavy (non-hydrogen) atoms. The molecule has 3 nitrogen and oxygen atoms in total. The van der Waals surface area contributed by atoms with E-state index in [1.807, 2.05) is 0 Å². The van der Waals surface area contributed by atoms with E-state index in [0.717, 1.165) is 5.92 Å². The highest BCUT2D eigenvalue weighted by Crippen LogP contribution is 2.13. The lowest BCUT2D eigenvalue weighted by Gasteiger charge is -2.40. The number of rotatable bonds is 5. The molecule has 1 aliphatic heterocycles. The minimum atomic E-state index is 0.635. The Kier molecular flexibility index (Phi) is 5.73. The van der Waals surface area contributed by atoms with Crippen LogP contribution in [0.3, 0.4) is 0 Å². The molecule has 0 amide bonds. The number of nitrogens with zero attached hydrogens (tertiary/aromatic N) is 2. The molecule has 0 aliphatic carbocycles. The summed E-state index contributed by atoms with van der Waals surface area (Å²) in [5.41, 5.74) is 0. The minimum Gasteiger partial charge on any atom is -0.315 e. The highest BCUT2D eigenvalue weighted by Gasteiger charge is 2.25. The average molecular weight is 227 g/mol. The van der Waals surface area contributed by atoms with Crippen molar-refractivity contribution in [3.8, 4) is 0 Å². The van der Waals surface area contributed by atoms with Crippen LogP contribution in [-0.4, -0.2) is 62.2 Å². The molecule has 0 aromatic rings. The molecular weight excluding hydrogens is 198 g/mol. The van der Waals surface area contributed by atoms with Crippen LogP contribution in [0.2, 0.25) is 0 Å². The van der Waals surface area contributed by atoms with Gasteiger partial charge in [-0.2, -0.15) is 0 Å². The van der Waals surface area contributed by atoms with Crippen molar-refractivity contribution in [2.75, 3.05) is 40.3 Å². The highest BCUT2D eigenvalue weighted by molar-refractivity contribution is 4.82. The first-order valence-corrected chi connectivity index (χ1v) is 6.68. The van der Waals surface area contributed by atoms with Gasteiger partial charge in [0.1, 0.15) is 0 Å². The molecule has 0 spiro atoms. The Morgan fingerprint density at radius 1 is 1.38 bits per heavy atom. The zero-order valence-corrected chi connectivity index (χ0v) is 11.7. The zero-order chi connectivity index (χ0) is 12.1. The molecule has 0 aromatic carbocycles. The summed E-state index contributed by atoms with van der Waals surface area (Å²) in [5.74, 6) is 0.761. The summed E-state index contributed by atoms with van der Waals surface area (Å²) in [6.07, 6.45) is 1.26. The number of hydrogen-bond donors (Lipinski definition) is 1. The largest absolute Gasteiger partial charge is 0.315 e. The van der Waals surface area contributed by atoms with Crippen LogP contribution in [-0.2, 0) is 0 Å². The van der Waals surface area contributed by atoms with Gasteiger partial charge in [-0.05, 0) is 26.9 Å². The van der Waals surface area contributed by atoms with Crippen LogP contribution in [0.15, 0.2) is 0 Å². The quantitative estimate of drug-likeness (QED) is 0.763. The molecule has 3 unspecified atom stereocenters. The SMILES string of the molecule is CCC(C)C(CN1CCN(C)CC1C)NC. The van der Waals surface area contributed by atoms with Crippen LogP contribution in [0.25, 0.3) is 0 Å². The van der Waals surface area contributed by atoms with Crippen molar-refractivity contribution in [3.05, 3.63) is 0 Å². The maximum atomic E-state index is 3.48. The average Bonchev–Trinajstić information content (AvgIpc) is 2.27. The van der Waals surface area contributed by atoms with Gasteiger partial charge in [-0.1, -0.05) is 20.3 Å². The fourth-order valence-electron chi connectivity index (χ4n) is 2.54. The fraction of sp³-hybridized carbons (Fsp3) is 1.00. The van der Waals surface area contributed by atoms with Gasteiger partial charge < -0.3 is 10.2 Å². The first-order chi connectivity index (χ1) is 7.58. The molecule has 1 aliphatic rings. The molecule has 1 heterocycles. The predicted octanol–water partition coefficient (Wildman–Crippen LogP) is 1.26. The second kappa shape index (κ2) is 6.58. The van der Waals surface area contributed by atoms with Gasteiger partial charge in [-0.25, -0.2) is 0 Å². The van der Waals surface area contributed by atoms with Gasteiger partial charge in [0.25, 0.3) is 0 Å². The van der Waals surface area contributed by atoms with Crippen LogP contribution >= 0.6 is 0 Å².